The van der Waals surface area contributed by atoms with Crippen molar-refractivity contribution in [3.63, 3.8) is 0 Å². The van der Waals surface area contributed by atoms with Gasteiger partial charge >= 0.3 is 0 Å². The molecule has 1 amide bonds. The maximum atomic E-state index is 12.6. The summed E-state index contributed by atoms with van der Waals surface area (Å²) in [5.41, 5.74) is 7.24. The largest absolute Gasteiger partial charge is 0.493 e. The number of anilines is 1. The van der Waals surface area contributed by atoms with E-state index >= 15 is 0 Å². The van der Waals surface area contributed by atoms with E-state index in [0.29, 0.717) is 6.54 Å². The minimum atomic E-state index is 0.122. The Balaban J connectivity index is 1.26. The number of carbonyl (C=O) groups excluding carboxylic acids is 1. The van der Waals surface area contributed by atoms with E-state index < -0.39 is 0 Å². The number of hydrogen-bond donors (Lipinski definition) is 3. The van der Waals surface area contributed by atoms with Gasteiger partial charge < -0.3 is 19.9 Å². The molecule has 0 spiro atoms. The van der Waals surface area contributed by atoms with Crippen molar-refractivity contribution in [3.05, 3.63) is 58.1 Å². The molecule has 2 aromatic carbocycles. The molecule has 0 atom stereocenters. The lowest BCUT2D eigenvalue weighted by Crippen LogP contribution is -3.28. The van der Waals surface area contributed by atoms with Gasteiger partial charge in [0.25, 0.3) is 5.91 Å². The van der Waals surface area contributed by atoms with E-state index in [1.54, 1.807) is 4.90 Å². The lowest BCUT2D eigenvalue weighted by atomic mass is 10.1. The number of nitrogens with one attached hydrogen (secondary N) is 3. The Bertz CT molecular complexity index is 878. The van der Waals surface area contributed by atoms with Crippen LogP contribution in [-0.4, -0.2) is 45.2 Å². The molecule has 2 aromatic rings. The Kier molecular flexibility index (Phi) is 5.88. The molecule has 0 radical (unpaired) electrons. The number of quaternary nitrogens is 2. The van der Waals surface area contributed by atoms with E-state index in [0.717, 1.165) is 68.3 Å². The fraction of sp³-hybridized carbons (Fsp3) is 0.458. The maximum absolute atomic E-state index is 12.6. The third-order valence-corrected chi connectivity index (χ3v) is 6.22. The molecule has 154 valence electrons. The number of benzene rings is 2. The smallest absolute Gasteiger partial charge is 0.279 e. The van der Waals surface area contributed by atoms with E-state index in [-0.39, 0.29) is 5.91 Å². The molecule has 3 N–H and O–H groups in total. The molecule has 29 heavy (non-hydrogen) atoms. The monoisotopic (exact) mass is 395 g/mol. The Morgan fingerprint density at radius 2 is 1.69 bits per heavy atom. The number of rotatable bonds is 5. The van der Waals surface area contributed by atoms with Crippen LogP contribution in [0.1, 0.15) is 27.8 Å². The molecule has 4 rings (SSSR count). The van der Waals surface area contributed by atoms with Crippen LogP contribution in [-0.2, 0) is 17.8 Å². The molecule has 2 aliphatic heterocycles. The number of fused-ring (bicyclic) bond motifs is 1. The minimum Gasteiger partial charge on any atom is -0.493 e. The van der Waals surface area contributed by atoms with Crippen molar-refractivity contribution in [2.45, 2.75) is 33.7 Å². The highest BCUT2D eigenvalue weighted by molar-refractivity contribution is 5.93. The first-order valence-electron chi connectivity index (χ1n) is 10.8. The standard InChI is InChI=1S/C24H31N3O2/c1-17-12-18(2)24(19(3)13-17)25-23(28)16-27-9-7-26(8-10-27)15-20-4-5-22-21(14-20)6-11-29-22/h4-5,12-14H,6-11,15-16H2,1-3H3,(H,25,28)/p+2. The Hall–Kier alpha value is -2.37. The van der Waals surface area contributed by atoms with Gasteiger partial charge in [-0.3, -0.25) is 4.79 Å². The first-order chi connectivity index (χ1) is 14.0. The van der Waals surface area contributed by atoms with Crippen LogP contribution in [0.15, 0.2) is 30.3 Å². The van der Waals surface area contributed by atoms with Gasteiger partial charge in [-0.25, -0.2) is 0 Å². The molecule has 5 heteroatoms. The Labute approximate surface area is 173 Å². The van der Waals surface area contributed by atoms with Gasteiger partial charge in [0.15, 0.2) is 6.54 Å². The van der Waals surface area contributed by atoms with Gasteiger partial charge in [-0.1, -0.05) is 17.7 Å². The number of amides is 1. The molecule has 5 nitrogen and oxygen atoms in total. The van der Waals surface area contributed by atoms with E-state index in [9.17, 15) is 4.79 Å². The van der Waals surface area contributed by atoms with Crippen LogP contribution in [0.25, 0.3) is 0 Å². The molecule has 1 fully saturated rings. The van der Waals surface area contributed by atoms with Crippen molar-refractivity contribution >= 4 is 11.6 Å². The van der Waals surface area contributed by atoms with Gasteiger partial charge in [-0.15, -0.1) is 0 Å². The van der Waals surface area contributed by atoms with Crippen molar-refractivity contribution in [1.29, 1.82) is 0 Å². The van der Waals surface area contributed by atoms with Crippen LogP contribution in [0.5, 0.6) is 5.75 Å². The molecule has 0 bridgehead atoms. The average Bonchev–Trinajstić information content (AvgIpc) is 3.14. The van der Waals surface area contributed by atoms with Crippen molar-refractivity contribution in [1.82, 2.24) is 0 Å². The predicted molar refractivity (Wildman–Crippen MR) is 115 cm³/mol. The van der Waals surface area contributed by atoms with Crippen molar-refractivity contribution < 1.29 is 19.3 Å². The Morgan fingerprint density at radius 3 is 2.41 bits per heavy atom. The van der Waals surface area contributed by atoms with Crippen LogP contribution >= 0.6 is 0 Å². The first-order valence-corrected chi connectivity index (χ1v) is 10.8. The fourth-order valence-electron chi connectivity index (χ4n) is 4.74. The second-order valence-corrected chi connectivity index (χ2v) is 8.72. The van der Waals surface area contributed by atoms with E-state index in [4.69, 9.17) is 4.74 Å². The highest BCUT2D eigenvalue weighted by Crippen LogP contribution is 2.25. The lowest BCUT2D eigenvalue weighted by molar-refractivity contribution is -1.02. The lowest BCUT2D eigenvalue weighted by Gasteiger charge is -2.29. The zero-order valence-corrected chi connectivity index (χ0v) is 17.9. The fourth-order valence-corrected chi connectivity index (χ4v) is 4.74. The summed E-state index contributed by atoms with van der Waals surface area (Å²) < 4.78 is 5.61. The minimum absolute atomic E-state index is 0.122. The molecule has 2 aliphatic rings. The number of aryl methyl sites for hydroxylation is 3. The predicted octanol–water partition coefficient (Wildman–Crippen LogP) is 0.469. The van der Waals surface area contributed by atoms with Crippen LogP contribution in [0.4, 0.5) is 5.69 Å². The number of piperazine rings is 1. The molecular formula is C24H33N3O2+2. The van der Waals surface area contributed by atoms with E-state index in [2.05, 4.69) is 56.4 Å². The van der Waals surface area contributed by atoms with Crippen molar-refractivity contribution in [3.8, 4) is 5.75 Å². The van der Waals surface area contributed by atoms with Crippen LogP contribution in [0.3, 0.4) is 0 Å². The second kappa shape index (κ2) is 8.56. The molecule has 0 aliphatic carbocycles. The molecule has 0 unspecified atom stereocenters. The van der Waals surface area contributed by atoms with E-state index in [1.807, 2.05) is 0 Å². The summed E-state index contributed by atoms with van der Waals surface area (Å²) in [6.45, 7) is 13.0. The van der Waals surface area contributed by atoms with Crippen molar-refractivity contribution in [2.75, 3.05) is 44.6 Å². The zero-order chi connectivity index (χ0) is 20.4. The quantitative estimate of drug-likeness (QED) is 0.689. The summed E-state index contributed by atoms with van der Waals surface area (Å²) in [6, 6.07) is 10.9. The summed E-state index contributed by atoms with van der Waals surface area (Å²) in [4.78, 5) is 15.6. The summed E-state index contributed by atoms with van der Waals surface area (Å²) in [5.74, 6) is 1.18. The summed E-state index contributed by atoms with van der Waals surface area (Å²) in [7, 11) is 0. The normalized spacial score (nSPS) is 20.8. The molecule has 2 heterocycles. The molecule has 0 aromatic heterocycles. The van der Waals surface area contributed by atoms with E-state index in [1.165, 1.54) is 21.6 Å². The molecule has 0 saturated carbocycles. The average molecular weight is 396 g/mol. The zero-order valence-electron chi connectivity index (χ0n) is 17.9. The van der Waals surface area contributed by atoms with Gasteiger partial charge in [-0.05, 0) is 55.7 Å². The highest BCUT2D eigenvalue weighted by Gasteiger charge is 2.25. The van der Waals surface area contributed by atoms with Crippen LogP contribution in [0, 0.1) is 20.8 Å². The van der Waals surface area contributed by atoms with Gasteiger partial charge in [0.05, 0.1) is 6.61 Å². The molecular weight excluding hydrogens is 362 g/mol. The SMILES string of the molecule is Cc1cc(C)c(NC(=O)C[NH+]2CC[NH+](Cc3ccc4c(c3)CCO4)CC2)c(C)c1. The van der Waals surface area contributed by atoms with Crippen LogP contribution < -0.4 is 19.9 Å². The number of carbonyl (C=O) groups is 1. The van der Waals surface area contributed by atoms with Crippen molar-refractivity contribution in [2.24, 2.45) is 0 Å². The van der Waals surface area contributed by atoms with Gasteiger partial charge in [0.2, 0.25) is 0 Å². The topological polar surface area (TPSA) is 47.2 Å². The number of hydrogen-bond acceptors (Lipinski definition) is 2. The maximum Gasteiger partial charge on any atom is 0.279 e. The van der Waals surface area contributed by atoms with Gasteiger partial charge in [0.1, 0.15) is 38.5 Å². The second-order valence-electron chi connectivity index (χ2n) is 8.72. The van der Waals surface area contributed by atoms with Gasteiger partial charge in [0, 0.05) is 17.7 Å². The highest BCUT2D eigenvalue weighted by atomic mass is 16.5. The summed E-state index contributed by atoms with van der Waals surface area (Å²) >= 11 is 0. The van der Waals surface area contributed by atoms with Gasteiger partial charge in [-0.2, -0.15) is 0 Å². The summed E-state index contributed by atoms with van der Waals surface area (Å²) in [6.07, 6.45) is 1.03. The molecule has 1 saturated heterocycles. The summed E-state index contributed by atoms with van der Waals surface area (Å²) in [5, 5.41) is 3.15. The third kappa shape index (κ3) is 4.80. The first kappa shape index (κ1) is 19.9. The van der Waals surface area contributed by atoms with Crippen LogP contribution in [0.2, 0.25) is 0 Å². The Morgan fingerprint density at radius 1 is 1.00 bits per heavy atom. The third-order valence-electron chi connectivity index (χ3n) is 6.22. The number of ether oxygens (including phenoxy) is 1.